The summed E-state index contributed by atoms with van der Waals surface area (Å²) in [5.74, 6) is 0.337. The van der Waals surface area contributed by atoms with Crippen LogP contribution in [-0.2, 0) is 0 Å². The molecular weight excluding hydrogens is 356 g/mol. The van der Waals surface area contributed by atoms with Gasteiger partial charge >= 0.3 is 5.63 Å². The molecule has 0 bridgehead atoms. The van der Waals surface area contributed by atoms with Crippen molar-refractivity contribution in [3.8, 4) is 17.6 Å². The lowest BCUT2D eigenvalue weighted by molar-refractivity contribution is 0.242. The van der Waals surface area contributed by atoms with E-state index in [1.807, 2.05) is 32.0 Å². The third-order valence-electron chi connectivity index (χ3n) is 4.56. The molecule has 3 aromatic rings. The van der Waals surface area contributed by atoms with E-state index in [4.69, 9.17) is 19.6 Å². The zero-order valence-electron chi connectivity index (χ0n) is 15.4. The van der Waals surface area contributed by atoms with Crippen LogP contribution >= 0.6 is 0 Å². The molecule has 2 heterocycles. The third-order valence-corrected chi connectivity index (χ3v) is 4.56. The van der Waals surface area contributed by atoms with Crippen LogP contribution < -0.4 is 20.8 Å². The first-order valence-corrected chi connectivity index (χ1v) is 8.89. The number of nitriles is 1. The Kier molecular flexibility index (Phi) is 4.28. The van der Waals surface area contributed by atoms with Crippen LogP contribution in [0.15, 0.2) is 69.2 Å². The highest BCUT2D eigenvalue weighted by Crippen LogP contribution is 2.43. The Morgan fingerprint density at radius 3 is 2.54 bits per heavy atom. The summed E-state index contributed by atoms with van der Waals surface area (Å²) in [5, 5.41) is 10.3. The molecule has 1 aliphatic rings. The molecule has 1 atom stereocenters. The summed E-state index contributed by atoms with van der Waals surface area (Å²) in [6.45, 7) is 3.88. The minimum absolute atomic E-state index is 0.0155. The first kappa shape index (κ1) is 17.7. The smallest absolute Gasteiger partial charge is 0.344 e. The van der Waals surface area contributed by atoms with Crippen molar-refractivity contribution in [1.29, 1.82) is 5.26 Å². The van der Waals surface area contributed by atoms with Crippen molar-refractivity contribution in [1.82, 2.24) is 0 Å². The predicted octanol–water partition coefficient (Wildman–Crippen LogP) is 3.80. The zero-order valence-corrected chi connectivity index (χ0v) is 15.4. The normalized spacial score (nSPS) is 15.9. The van der Waals surface area contributed by atoms with Crippen molar-refractivity contribution in [2.45, 2.75) is 25.9 Å². The van der Waals surface area contributed by atoms with Gasteiger partial charge in [-0.15, -0.1) is 0 Å². The van der Waals surface area contributed by atoms with Gasteiger partial charge in [-0.2, -0.15) is 5.26 Å². The van der Waals surface area contributed by atoms with E-state index < -0.39 is 11.5 Å². The van der Waals surface area contributed by atoms with Crippen molar-refractivity contribution in [2.24, 2.45) is 5.73 Å². The molecule has 6 nitrogen and oxygen atoms in total. The van der Waals surface area contributed by atoms with Gasteiger partial charge in [0.2, 0.25) is 5.88 Å². The van der Waals surface area contributed by atoms with E-state index in [1.54, 1.807) is 30.3 Å². The second-order valence-corrected chi connectivity index (χ2v) is 6.79. The quantitative estimate of drug-likeness (QED) is 0.700. The summed E-state index contributed by atoms with van der Waals surface area (Å²) < 4.78 is 16.9. The Balaban J connectivity index is 1.93. The van der Waals surface area contributed by atoms with Crippen LogP contribution in [0.25, 0.3) is 11.0 Å². The molecule has 28 heavy (non-hydrogen) atoms. The zero-order chi connectivity index (χ0) is 19.8. The van der Waals surface area contributed by atoms with Crippen LogP contribution in [0.2, 0.25) is 0 Å². The fraction of sp³-hybridized carbons (Fsp3) is 0.182. The number of benzene rings is 2. The molecule has 0 aliphatic carbocycles. The van der Waals surface area contributed by atoms with E-state index in [-0.39, 0.29) is 23.1 Å². The van der Waals surface area contributed by atoms with Crippen LogP contribution in [0, 0.1) is 11.3 Å². The molecular formula is C22H18N2O4. The molecule has 0 saturated carbocycles. The van der Waals surface area contributed by atoms with Gasteiger partial charge in [0.05, 0.1) is 23.0 Å². The monoisotopic (exact) mass is 374 g/mol. The number of nitrogens with zero attached hydrogens (tertiary/aromatic N) is 1. The maximum absolute atomic E-state index is 12.8. The van der Waals surface area contributed by atoms with Crippen LogP contribution in [0.1, 0.15) is 30.9 Å². The fourth-order valence-corrected chi connectivity index (χ4v) is 3.41. The molecule has 1 aliphatic heterocycles. The van der Waals surface area contributed by atoms with Gasteiger partial charge in [-0.05, 0) is 43.7 Å². The van der Waals surface area contributed by atoms with E-state index in [9.17, 15) is 10.1 Å². The van der Waals surface area contributed by atoms with Crippen molar-refractivity contribution >= 4 is 11.0 Å². The maximum atomic E-state index is 12.8. The first-order chi connectivity index (χ1) is 13.5. The lowest BCUT2D eigenvalue weighted by Crippen LogP contribution is -2.26. The van der Waals surface area contributed by atoms with E-state index in [1.165, 1.54) is 0 Å². The Bertz CT molecular complexity index is 1180. The van der Waals surface area contributed by atoms with Gasteiger partial charge in [-0.25, -0.2) is 4.79 Å². The van der Waals surface area contributed by atoms with Crippen LogP contribution in [0.4, 0.5) is 0 Å². The van der Waals surface area contributed by atoms with Gasteiger partial charge in [0.1, 0.15) is 23.0 Å². The predicted molar refractivity (Wildman–Crippen MR) is 104 cm³/mol. The van der Waals surface area contributed by atoms with Crippen LogP contribution in [-0.4, -0.2) is 6.10 Å². The van der Waals surface area contributed by atoms with Gasteiger partial charge in [-0.1, -0.05) is 24.3 Å². The summed E-state index contributed by atoms with van der Waals surface area (Å²) in [6.07, 6.45) is 0.0401. The number of rotatable bonds is 3. The molecule has 0 spiro atoms. The Morgan fingerprint density at radius 1 is 1.14 bits per heavy atom. The number of ether oxygens (including phenoxy) is 2. The largest absolute Gasteiger partial charge is 0.491 e. The maximum Gasteiger partial charge on any atom is 0.344 e. The molecule has 0 radical (unpaired) electrons. The molecule has 140 valence electrons. The summed E-state index contributed by atoms with van der Waals surface area (Å²) in [4.78, 5) is 12.8. The highest BCUT2D eigenvalue weighted by molar-refractivity contribution is 5.86. The van der Waals surface area contributed by atoms with E-state index in [0.29, 0.717) is 22.5 Å². The van der Waals surface area contributed by atoms with E-state index in [0.717, 1.165) is 5.56 Å². The van der Waals surface area contributed by atoms with Crippen LogP contribution in [0.3, 0.4) is 0 Å². The molecule has 1 aromatic heterocycles. The number of allylic oxidation sites excluding steroid dienone is 1. The first-order valence-electron chi connectivity index (χ1n) is 8.89. The van der Waals surface area contributed by atoms with Crippen molar-refractivity contribution in [3.63, 3.8) is 0 Å². The lowest BCUT2D eigenvalue weighted by atomic mass is 9.84. The SMILES string of the molecule is CC(C)Oc1ccc([C@@H]2C(C#N)=C(N)Oc3c2c(=O)oc2ccccc32)cc1. The average molecular weight is 374 g/mol. The second-order valence-electron chi connectivity index (χ2n) is 6.79. The summed E-state index contributed by atoms with van der Waals surface area (Å²) in [6, 6.07) is 16.4. The number of para-hydroxylation sites is 1. The molecule has 6 heteroatoms. The van der Waals surface area contributed by atoms with Crippen molar-refractivity contribution in [2.75, 3.05) is 0 Å². The summed E-state index contributed by atoms with van der Waals surface area (Å²) in [7, 11) is 0. The highest BCUT2D eigenvalue weighted by Gasteiger charge is 2.35. The minimum atomic E-state index is -0.678. The van der Waals surface area contributed by atoms with Crippen LogP contribution in [0.5, 0.6) is 11.5 Å². The van der Waals surface area contributed by atoms with E-state index in [2.05, 4.69) is 6.07 Å². The van der Waals surface area contributed by atoms with Gasteiger partial charge in [0.25, 0.3) is 0 Å². The van der Waals surface area contributed by atoms with Gasteiger partial charge in [-0.3, -0.25) is 0 Å². The molecule has 2 N–H and O–H groups in total. The summed E-state index contributed by atoms with van der Waals surface area (Å²) in [5.41, 5.74) is 7.06. The lowest BCUT2D eigenvalue weighted by Gasteiger charge is -2.26. The number of nitrogens with two attached hydrogens (primary N) is 1. The minimum Gasteiger partial charge on any atom is -0.491 e. The van der Waals surface area contributed by atoms with Crippen molar-refractivity contribution in [3.05, 3.63) is 81.5 Å². The molecule has 2 aromatic carbocycles. The van der Waals surface area contributed by atoms with Gasteiger partial charge in [0.15, 0.2) is 5.75 Å². The number of hydrogen-bond acceptors (Lipinski definition) is 6. The molecule has 0 amide bonds. The van der Waals surface area contributed by atoms with Gasteiger partial charge < -0.3 is 19.6 Å². The number of fused-ring (bicyclic) bond motifs is 3. The van der Waals surface area contributed by atoms with Gasteiger partial charge in [0, 0.05) is 0 Å². The topological polar surface area (TPSA) is 98.5 Å². The molecule has 4 rings (SSSR count). The Hall–Kier alpha value is -3.72. The molecule has 0 fully saturated rings. The standard InChI is InChI=1S/C22H18N2O4/c1-12(2)26-14-9-7-13(8-10-14)18-16(11-23)21(24)28-20-15-5-3-4-6-17(15)27-22(25)19(18)20/h3-10,12,18H,24H2,1-2H3/t18-/m1/s1. The Labute approximate surface area is 161 Å². The fourth-order valence-electron chi connectivity index (χ4n) is 3.41. The average Bonchev–Trinajstić information content (AvgIpc) is 2.67. The van der Waals surface area contributed by atoms with E-state index >= 15 is 0 Å². The number of hydrogen-bond donors (Lipinski definition) is 1. The Morgan fingerprint density at radius 2 is 1.86 bits per heavy atom. The highest BCUT2D eigenvalue weighted by atomic mass is 16.5. The third kappa shape index (κ3) is 2.87. The summed E-state index contributed by atoms with van der Waals surface area (Å²) >= 11 is 0. The van der Waals surface area contributed by atoms with Crippen molar-refractivity contribution < 1.29 is 13.9 Å². The molecule has 0 saturated heterocycles. The second kappa shape index (κ2) is 6.78. The molecule has 0 unspecified atom stereocenters.